The zero-order chi connectivity index (χ0) is 11.3. The smallest absolute Gasteiger partial charge is 0.371 e. The summed E-state index contributed by atoms with van der Waals surface area (Å²) in [6, 6.07) is 3.14. The molecule has 0 aromatic carbocycles. The molecule has 15 heavy (non-hydrogen) atoms. The van der Waals surface area contributed by atoms with Gasteiger partial charge in [-0.15, -0.1) is 0 Å². The van der Waals surface area contributed by atoms with Gasteiger partial charge in [0, 0.05) is 19.0 Å². The molecule has 84 valence electrons. The number of carboxylic acid groups (broad SMARTS) is 1. The van der Waals surface area contributed by atoms with Crippen molar-refractivity contribution in [1.29, 1.82) is 0 Å². The molecule has 0 spiro atoms. The highest BCUT2D eigenvalue weighted by atomic mass is 32.2. The van der Waals surface area contributed by atoms with Gasteiger partial charge < -0.3 is 14.3 Å². The van der Waals surface area contributed by atoms with E-state index in [1.54, 1.807) is 13.2 Å². The Hall–Kier alpha value is -0.940. The number of hydrogen-bond acceptors (Lipinski definition) is 4. The fourth-order valence-electron chi connectivity index (χ4n) is 1.04. The summed E-state index contributed by atoms with van der Waals surface area (Å²) < 4.78 is 10.1. The van der Waals surface area contributed by atoms with Gasteiger partial charge in [-0.3, -0.25) is 0 Å². The van der Waals surface area contributed by atoms with Crippen molar-refractivity contribution in [1.82, 2.24) is 0 Å². The molecule has 1 atom stereocenters. The quantitative estimate of drug-likeness (QED) is 0.761. The second kappa shape index (κ2) is 5.82. The van der Waals surface area contributed by atoms with Gasteiger partial charge in [-0.25, -0.2) is 4.79 Å². The molecule has 5 heteroatoms. The molecule has 1 heterocycles. The van der Waals surface area contributed by atoms with Crippen molar-refractivity contribution >= 4 is 17.7 Å². The number of hydrogen-bond donors (Lipinski definition) is 1. The van der Waals surface area contributed by atoms with Crippen LogP contribution in [0.2, 0.25) is 0 Å². The van der Waals surface area contributed by atoms with Crippen LogP contribution >= 0.6 is 11.8 Å². The van der Waals surface area contributed by atoms with Crippen LogP contribution in [-0.2, 0) is 4.74 Å². The Morgan fingerprint density at radius 2 is 2.40 bits per heavy atom. The summed E-state index contributed by atoms with van der Waals surface area (Å²) in [5.74, 6) is -1.05. The minimum Gasteiger partial charge on any atom is -0.475 e. The first-order valence-corrected chi connectivity index (χ1v) is 5.50. The Morgan fingerprint density at radius 3 is 2.93 bits per heavy atom. The molecule has 1 aromatic heterocycles. The Bertz CT molecular complexity index is 321. The summed E-state index contributed by atoms with van der Waals surface area (Å²) in [5, 5.41) is 9.63. The van der Waals surface area contributed by atoms with Gasteiger partial charge in [-0.1, -0.05) is 18.7 Å². The molecule has 0 saturated heterocycles. The standard InChI is InChI=1S/C10H14O4S/c1-7(5-6-13-2)15-9-4-3-8(14-9)10(11)12/h3-4,7H,5-6H2,1-2H3,(H,11,12). The highest BCUT2D eigenvalue weighted by Crippen LogP contribution is 2.26. The monoisotopic (exact) mass is 230 g/mol. The lowest BCUT2D eigenvalue weighted by atomic mass is 10.3. The third-order valence-corrected chi connectivity index (χ3v) is 2.93. The molecule has 0 radical (unpaired) electrons. The van der Waals surface area contributed by atoms with E-state index >= 15 is 0 Å². The number of furan rings is 1. The van der Waals surface area contributed by atoms with E-state index in [4.69, 9.17) is 14.3 Å². The van der Waals surface area contributed by atoms with E-state index < -0.39 is 5.97 Å². The molecule has 1 unspecified atom stereocenters. The second-order valence-corrected chi connectivity index (χ2v) is 4.58. The van der Waals surface area contributed by atoms with Crippen LogP contribution < -0.4 is 0 Å². The number of carboxylic acids is 1. The van der Waals surface area contributed by atoms with Crippen molar-refractivity contribution in [3.8, 4) is 0 Å². The summed E-state index contributed by atoms with van der Waals surface area (Å²) in [4.78, 5) is 10.5. The molecule has 1 rings (SSSR count). The van der Waals surface area contributed by atoms with Crippen LogP contribution in [0.4, 0.5) is 0 Å². The van der Waals surface area contributed by atoms with Crippen molar-refractivity contribution < 1.29 is 19.1 Å². The van der Waals surface area contributed by atoms with Crippen molar-refractivity contribution in [2.45, 2.75) is 23.7 Å². The van der Waals surface area contributed by atoms with Gasteiger partial charge in [0.05, 0.1) is 0 Å². The van der Waals surface area contributed by atoms with E-state index in [-0.39, 0.29) is 5.76 Å². The molecular weight excluding hydrogens is 216 g/mol. The topological polar surface area (TPSA) is 59.7 Å². The van der Waals surface area contributed by atoms with Crippen LogP contribution in [0.25, 0.3) is 0 Å². The van der Waals surface area contributed by atoms with E-state index in [2.05, 4.69) is 0 Å². The minimum atomic E-state index is -1.04. The fraction of sp³-hybridized carbons (Fsp3) is 0.500. The van der Waals surface area contributed by atoms with Crippen LogP contribution in [0.5, 0.6) is 0 Å². The average Bonchev–Trinajstić information content (AvgIpc) is 2.63. The van der Waals surface area contributed by atoms with E-state index in [9.17, 15) is 4.79 Å². The lowest BCUT2D eigenvalue weighted by Gasteiger charge is -2.07. The van der Waals surface area contributed by atoms with E-state index in [0.717, 1.165) is 6.42 Å². The number of ether oxygens (including phenoxy) is 1. The molecule has 0 aliphatic rings. The molecule has 0 aliphatic carbocycles. The average molecular weight is 230 g/mol. The molecule has 0 aliphatic heterocycles. The Kier molecular flexibility index (Phi) is 4.71. The maximum absolute atomic E-state index is 10.5. The van der Waals surface area contributed by atoms with Crippen LogP contribution in [0.1, 0.15) is 23.9 Å². The number of methoxy groups -OCH3 is 1. The molecule has 4 nitrogen and oxygen atoms in total. The van der Waals surface area contributed by atoms with Crippen molar-refractivity contribution in [3.05, 3.63) is 17.9 Å². The van der Waals surface area contributed by atoms with Gasteiger partial charge in [-0.2, -0.15) is 0 Å². The number of aromatic carboxylic acids is 1. The first-order valence-electron chi connectivity index (χ1n) is 4.62. The molecule has 1 N–H and O–H groups in total. The summed E-state index contributed by atoms with van der Waals surface area (Å²) >= 11 is 1.51. The lowest BCUT2D eigenvalue weighted by Crippen LogP contribution is -2.00. The van der Waals surface area contributed by atoms with Gasteiger partial charge in [0.1, 0.15) is 0 Å². The SMILES string of the molecule is COCCC(C)Sc1ccc(C(=O)O)o1. The highest BCUT2D eigenvalue weighted by Gasteiger charge is 2.11. The zero-order valence-electron chi connectivity index (χ0n) is 8.73. The van der Waals surface area contributed by atoms with Crippen LogP contribution in [0, 0.1) is 0 Å². The van der Waals surface area contributed by atoms with Crippen molar-refractivity contribution in [2.75, 3.05) is 13.7 Å². The molecule has 1 aromatic rings. The second-order valence-electron chi connectivity index (χ2n) is 3.13. The Morgan fingerprint density at radius 1 is 1.67 bits per heavy atom. The Labute approximate surface area is 92.6 Å². The maximum atomic E-state index is 10.5. The first-order chi connectivity index (χ1) is 7.13. The van der Waals surface area contributed by atoms with Gasteiger partial charge in [-0.05, 0) is 18.6 Å². The van der Waals surface area contributed by atoms with Gasteiger partial charge in [0.2, 0.25) is 5.76 Å². The van der Waals surface area contributed by atoms with Crippen molar-refractivity contribution in [2.24, 2.45) is 0 Å². The zero-order valence-corrected chi connectivity index (χ0v) is 9.54. The van der Waals surface area contributed by atoms with E-state index in [1.807, 2.05) is 6.92 Å². The fourth-order valence-corrected chi connectivity index (χ4v) is 1.93. The Balaban J connectivity index is 2.46. The largest absolute Gasteiger partial charge is 0.475 e. The van der Waals surface area contributed by atoms with E-state index in [1.165, 1.54) is 17.8 Å². The third kappa shape index (κ3) is 3.97. The molecule has 0 saturated carbocycles. The first kappa shape index (κ1) is 12.1. The number of carbonyl (C=O) groups is 1. The number of rotatable bonds is 6. The van der Waals surface area contributed by atoms with Crippen LogP contribution in [0.3, 0.4) is 0 Å². The maximum Gasteiger partial charge on any atom is 0.371 e. The molecule has 0 amide bonds. The molecule has 0 bridgehead atoms. The summed E-state index contributed by atoms with van der Waals surface area (Å²) in [6.45, 7) is 2.74. The van der Waals surface area contributed by atoms with Gasteiger partial charge in [0.15, 0.2) is 5.09 Å². The van der Waals surface area contributed by atoms with Crippen LogP contribution in [-0.4, -0.2) is 30.0 Å². The molecular formula is C10H14O4S. The minimum absolute atomic E-state index is 0.0172. The predicted octanol–water partition coefficient (Wildman–Crippen LogP) is 2.49. The van der Waals surface area contributed by atoms with Gasteiger partial charge >= 0.3 is 5.97 Å². The predicted molar refractivity (Wildman–Crippen MR) is 57.5 cm³/mol. The van der Waals surface area contributed by atoms with Gasteiger partial charge in [0.25, 0.3) is 0 Å². The summed E-state index contributed by atoms with van der Waals surface area (Å²) in [5.41, 5.74) is 0. The number of thioether (sulfide) groups is 1. The summed E-state index contributed by atoms with van der Waals surface area (Å²) in [6.07, 6.45) is 0.907. The normalized spacial score (nSPS) is 12.7. The van der Waals surface area contributed by atoms with Crippen LogP contribution in [0.15, 0.2) is 21.6 Å². The highest BCUT2D eigenvalue weighted by molar-refractivity contribution is 7.99. The van der Waals surface area contributed by atoms with Crippen molar-refractivity contribution in [3.63, 3.8) is 0 Å². The lowest BCUT2D eigenvalue weighted by molar-refractivity contribution is 0.0656. The third-order valence-electron chi connectivity index (χ3n) is 1.84. The van der Waals surface area contributed by atoms with E-state index in [0.29, 0.717) is 16.9 Å². The summed E-state index contributed by atoms with van der Waals surface area (Å²) in [7, 11) is 1.66. The molecule has 0 fully saturated rings.